The van der Waals surface area contributed by atoms with Crippen LogP contribution >= 0.6 is 0 Å². The van der Waals surface area contributed by atoms with Crippen LogP contribution in [0.1, 0.15) is 41.5 Å². The summed E-state index contributed by atoms with van der Waals surface area (Å²) < 4.78 is 1.41. The van der Waals surface area contributed by atoms with Gasteiger partial charge < -0.3 is 15.6 Å². The van der Waals surface area contributed by atoms with E-state index in [0.717, 1.165) is 47.1 Å². The highest BCUT2D eigenvalue weighted by Gasteiger charge is 2.24. The molecular weight excluding hydrogens is 402 g/mol. The Hall–Kier alpha value is -3.45. The fraction of sp³-hybridized carbons (Fsp3) is 0.320. The van der Waals surface area contributed by atoms with Gasteiger partial charge in [-0.25, -0.2) is 4.98 Å². The van der Waals surface area contributed by atoms with E-state index in [2.05, 4.69) is 45.7 Å². The first kappa shape index (κ1) is 20.5. The zero-order valence-corrected chi connectivity index (χ0v) is 18.1. The number of aromatic amines is 1. The zero-order chi connectivity index (χ0) is 22.1. The highest BCUT2D eigenvalue weighted by atomic mass is 16.2. The summed E-state index contributed by atoms with van der Waals surface area (Å²) in [5, 5.41) is 7.57. The Labute approximate surface area is 185 Å². The zero-order valence-electron chi connectivity index (χ0n) is 18.1. The largest absolute Gasteiger partial charge is 0.357 e. The molecule has 7 heteroatoms. The van der Waals surface area contributed by atoms with Crippen LogP contribution in [-0.4, -0.2) is 26.8 Å². The van der Waals surface area contributed by atoms with Crippen molar-refractivity contribution in [2.75, 3.05) is 6.54 Å². The van der Waals surface area contributed by atoms with E-state index in [1.165, 1.54) is 23.3 Å². The van der Waals surface area contributed by atoms with Gasteiger partial charge in [-0.15, -0.1) is 0 Å². The molecule has 0 radical (unpaired) electrons. The maximum atomic E-state index is 12.6. The molecule has 32 heavy (non-hydrogen) atoms. The van der Waals surface area contributed by atoms with Crippen LogP contribution in [-0.2, 0) is 13.1 Å². The first-order valence-electron chi connectivity index (χ1n) is 11.1. The second-order valence-electron chi connectivity index (χ2n) is 8.88. The van der Waals surface area contributed by atoms with Crippen molar-refractivity contribution in [2.24, 2.45) is 11.8 Å². The summed E-state index contributed by atoms with van der Waals surface area (Å²) in [5.74, 6) is 1.33. The van der Waals surface area contributed by atoms with E-state index in [9.17, 15) is 9.59 Å². The SMILES string of the molecule is CC1CC(CNCc2cc3ccc(CNC(=O)c4cc(=O)n5ccccc5n4)cc3[nH]2)C1. The molecule has 1 aromatic carbocycles. The Morgan fingerprint density at radius 3 is 2.88 bits per heavy atom. The molecule has 164 valence electrons. The van der Waals surface area contributed by atoms with Crippen molar-refractivity contribution in [1.29, 1.82) is 0 Å². The maximum Gasteiger partial charge on any atom is 0.270 e. The van der Waals surface area contributed by atoms with Gasteiger partial charge in [0, 0.05) is 36.6 Å². The number of amides is 1. The number of H-pyrrole nitrogens is 1. The van der Waals surface area contributed by atoms with Gasteiger partial charge in [0.2, 0.25) is 0 Å². The number of rotatable bonds is 7. The Morgan fingerprint density at radius 1 is 1.16 bits per heavy atom. The van der Waals surface area contributed by atoms with Gasteiger partial charge in [0.25, 0.3) is 11.5 Å². The third kappa shape index (κ3) is 4.29. The van der Waals surface area contributed by atoms with E-state index in [-0.39, 0.29) is 17.2 Å². The van der Waals surface area contributed by atoms with Gasteiger partial charge in [-0.05, 0) is 66.4 Å². The second-order valence-corrected chi connectivity index (χ2v) is 8.88. The summed E-state index contributed by atoms with van der Waals surface area (Å²) in [6.45, 7) is 4.57. The highest BCUT2D eigenvalue weighted by molar-refractivity contribution is 5.92. The molecule has 1 saturated carbocycles. The lowest BCUT2D eigenvalue weighted by molar-refractivity contribution is 0.0946. The topological polar surface area (TPSA) is 91.3 Å². The monoisotopic (exact) mass is 429 g/mol. The Bertz CT molecular complexity index is 1330. The number of carbonyl (C=O) groups is 1. The molecule has 3 aromatic heterocycles. The van der Waals surface area contributed by atoms with Gasteiger partial charge in [-0.3, -0.25) is 14.0 Å². The van der Waals surface area contributed by atoms with E-state index < -0.39 is 0 Å². The van der Waals surface area contributed by atoms with Gasteiger partial charge in [-0.2, -0.15) is 0 Å². The van der Waals surface area contributed by atoms with Crippen molar-refractivity contribution in [3.8, 4) is 0 Å². The van der Waals surface area contributed by atoms with Gasteiger partial charge >= 0.3 is 0 Å². The first-order valence-corrected chi connectivity index (χ1v) is 11.1. The third-order valence-corrected chi connectivity index (χ3v) is 6.22. The van der Waals surface area contributed by atoms with Crippen LogP contribution < -0.4 is 16.2 Å². The summed E-state index contributed by atoms with van der Waals surface area (Å²) in [5.41, 5.74) is 3.49. The normalized spacial score (nSPS) is 18.0. The summed E-state index contributed by atoms with van der Waals surface area (Å²) in [6.07, 6.45) is 4.30. The van der Waals surface area contributed by atoms with Crippen molar-refractivity contribution in [2.45, 2.75) is 32.9 Å². The number of aromatic nitrogens is 3. The number of hydrogen-bond donors (Lipinski definition) is 3. The van der Waals surface area contributed by atoms with Gasteiger partial charge in [0.15, 0.2) is 0 Å². The van der Waals surface area contributed by atoms with E-state index in [1.807, 2.05) is 6.07 Å². The third-order valence-electron chi connectivity index (χ3n) is 6.22. The molecule has 0 spiro atoms. The highest BCUT2D eigenvalue weighted by Crippen LogP contribution is 2.32. The number of hydrogen-bond acceptors (Lipinski definition) is 4. The van der Waals surface area contributed by atoms with Crippen LogP contribution in [0.3, 0.4) is 0 Å². The van der Waals surface area contributed by atoms with Crippen LogP contribution in [0.2, 0.25) is 0 Å². The smallest absolute Gasteiger partial charge is 0.270 e. The molecule has 3 N–H and O–H groups in total. The standard InChI is InChI=1S/C25H27N5O2/c1-16-8-18(9-16)13-26-15-20-11-19-6-5-17(10-21(19)28-20)14-27-25(32)22-12-24(31)30-7-3-2-4-23(30)29-22/h2-7,10-12,16,18,26,28H,8-9,13-15H2,1H3,(H,27,32). The van der Waals surface area contributed by atoms with E-state index in [0.29, 0.717) is 12.2 Å². The lowest BCUT2D eigenvalue weighted by Gasteiger charge is -2.32. The average Bonchev–Trinajstić information content (AvgIpc) is 3.18. The van der Waals surface area contributed by atoms with Gasteiger partial charge in [0.1, 0.15) is 11.3 Å². The van der Waals surface area contributed by atoms with Gasteiger partial charge in [-0.1, -0.05) is 25.1 Å². The quantitative estimate of drug-likeness (QED) is 0.421. The van der Waals surface area contributed by atoms with Crippen molar-refractivity contribution in [3.05, 3.63) is 82.0 Å². The van der Waals surface area contributed by atoms with Crippen LogP contribution in [0.4, 0.5) is 0 Å². The molecule has 0 bridgehead atoms. The molecule has 7 nitrogen and oxygen atoms in total. The fourth-order valence-electron chi connectivity index (χ4n) is 4.53. The number of carbonyl (C=O) groups excluding carboxylic acids is 1. The van der Waals surface area contributed by atoms with Crippen LogP contribution in [0.5, 0.6) is 0 Å². The van der Waals surface area contributed by atoms with Gasteiger partial charge in [0.05, 0.1) is 0 Å². The number of nitrogens with zero attached hydrogens (tertiary/aromatic N) is 2. The maximum absolute atomic E-state index is 12.6. The molecule has 4 aromatic rings. The molecule has 0 unspecified atom stereocenters. The molecule has 1 aliphatic carbocycles. The number of benzene rings is 1. The lowest BCUT2D eigenvalue weighted by atomic mass is 9.76. The fourth-order valence-corrected chi connectivity index (χ4v) is 4.53. The Morgan fingerprint density at radius 2 is 2.03 bits per heavy atom. The van der Waals surface area contributed by atoms with Crippen LogP contribution in [0, 0.1) is 11.8 Å². The predicted octanol–water partition coefficient (Wildman–Crippen LogP) is 3.24. The Balaban J connectivity index is 1.21. The number of nitrogens with one attached hydrogen (secondary N) is 3. The van der Waals surface area contributed by atoms with Crippen molar-refractivity contribution >= 4 is 22.5 Å². The minimum atomic E-state index is -0.366. The average molecular weight is 430 g/mol. The molecule has 0 aliphatic heterocycles. The molecule has 1 aliphatic rings. The van der Waals surface area contributed by atoms with Crippen molar-refractivity contribution in [3.63, 3.8) is 0 Å². The minimum absolute atomic E-state index is 0.122. The lowest BCUT2D eigenvalue weighted by Crippen LogP contribution is -2.31. The van der Waals surface area contributed by atoms with Crippen LogP contribution in [0.15, 0.2) is 59.5 Å². The predicted molar refractivity (Wildman–Crippen MR) is 125 cm³/mol. The number of fused-ring (bicyclic) bond motifs is 2. The molecule has 1 amide bonds. The summed E-state index contributed by atoms with van der Waals surface area (Å²) in [4.78, 5) is 32.5. The summed E-state index contributed by atoms with van der Waals surface area (Å²) >= 11 is 0. The molecular formula is C25H27N5O2. The minimum Gasteiger partial charge on any atom is -0.357 e. The van der Waals surface area contributed by atoms with E-state index >= 15 is 0 Å². The molecule has 3 heterocycles. The van der Waals surface area contributed by atoms with E-state index in [1.54, 1.807) is 24.4 Å². The van der Waals surface area contributed by atoms with Crippen LogP contribution in [0.25, 0.3) is 16.6 Å². The first-order chi connectivity index (χ1) is 15.5. The Kier molecular flexibility index (Phi) is 5.49. The molecule has 1 fully saturated rings. The molecule has 0 saturated heterocycles. The number of pyridine rings is 1. The molecule has 0 atom stereocenters. The summed E-state index contributed by atoms with van der Waals surface area (Å²) in [6, 6.07) is 14.8. The summed E-state index contributed by atoms with van der Waals surface area (Å²) in [7, 11) is 0. The molecule has 5 rings (SSSR count). The van der Waals surface area contributed by atoms with E-state index in [4.69, 9.17) is 0 Å². The van der Waals surface area contributed by atoms with Crippen molar-refractivity contribution < 1.29 is 4.79 Å². The second kappa shape index (κ2) is 8.59. The van der Waals surface area contributed by atoms with Crippen molar-refractivity contribution in [1.82, 2.24) is 25.0 Å².